The first kappa shape index (κ1) is 18.7. The predicted octanol–water partition coefficient (Wildman–Crippen LogP) is 3.92. The number of carbonyl (C=O) groups is 2. The molecule has 0 amide bonds. The van der Waals surface area contributed by atoms with E-state index >= 15 is 0 Å². The lowest BCUT2D eigenvalue weighted by atomic mass is 10.1. The van der Waals surface area contributed by atoms with Gasteiger partial charge in [0.1, 0.15) is 5.76 Å². The molecular weight excluding hydrogens is 370 g/mol. The fourth-order valence-corrected chi connectivity index (χ4v) is 3.65. The number of Topliss-reactive ketones (excluding diaryl/α,β-unsaturated/α-hetero) is 1. The Morgan fingerprint density at radius 1 is 1.10 bits per heavy atom. The lowest BCUT2D eigenvalue weighted by Gasteiger charge is -2.06. The summed E-state index contributed by atoms with van der Waals surface area (Å²) in [5.74, 6) is 0.517. The van der Waals surface area contributed by atoms with Gasteiger partial charge in [-0.1, -0.05) is 23.4 Å². The number of nitrogens with zero attached hydrogens (tertiary/aromatic N) is 3. The zero-order valence-electron chi connectivity index (χ0n) is 16.7. The molecule has 148 valence electrons. The third-order valence-electron chi connectivity index (χ3n) is 5.03. The first-order valence-corrected chi connectivity index (χ1v) is 9.24. The van der Waals surface area contributed by atoms with E-state index in [0.717, 1.165) is 22.3 Å². The van der Waals surface area contributed by atoms with Crippen LogP contribution in [0.2, 0.25) is 0 Å². The van der Waals surface area contributed by atoms with Crippen LogP contribution >= 0.6 is 0 Å². The number of rotatable bonds is 5. The molecule has 0 N–H and O–H groups in total. The van der Waals surface area contributed by atoms with Gasteiger partial charge in [0.05, 0.1) is 5.56 Å². The Balaban J connectivity index is 1.54. The minimum absolute atomic E-state index is 0.266. The van der Waals surface area contributed by atoms with Crippen LogP contribution in [0.25, 0.3) is 16.7 Å². The normalized spacial score (nSPS) is 11.2. The second-order valence-electron chi connectivity index (χ2n) is 7.09. The van der Waals surface area contributed by atoms with Gasteiger partial charge in [0.25, 0.3) is 0 Å². The van der Waals surface area contributed by atoms with Crippen LogP contribution < -0.4 is 0 Å². The van der Waals surface area contributed by atoms with Crippen LogP contribution in [0.4, 0.5) is 0 Å². The number of hydrogen-bond donors (Lipinski definition) is 0. The first-order valence-electron chi connectivity index (χ1n) is 9.24. The first-order chi connectivity index (χ1) is 13.9. The molecule has 0 unspecified atom stereocenters. The van der Waals surface area contributed by atoms with Crippen LogP contribution in [0.3, 0.4) is 0 Å². The summed E-state index contributed by atoms with van der Waals surface area (Å²) in [7, 11) is 1.87. The molecule has 29 heavy (non-hydrogen) atoms. The maximum Gasteiger partial charge on any atom is 0.340 e. The molecule has 7 nitrogen and oxygen atoms in total. The van der Waals surface area contributed by atoms with Gasteiger partial charge in [0.15, 0.2) is 12.4 Å². The molecule has 3 aromatic heterocycles. The summed E-state index contributed by atoms with van der Waals surface area (Å²) < 4.78 is 14.2. The second-order valence-corrected chi connectivity index (χ2v) is 7.09. The minimum Gasteiger partial charge on any atom is -0.454 e. The van der Waals surface area contributed by atoms with E-state index in [-0.39, 0.29) is 12.4 Å². The fraction of sp³-hybridized carbons (Fsp3) is 0.227. The average Bonchev–Trinajstić information content (AvgIpc) is 3.36. The number of ether oxygens (including phenoxy) is 1. The largest absolute Gasteiger partial charge is 0.454 e. The van der Waals surface area contributed by atoms with E-state index in [1.807, 2.05) is 61.2 Å². The summed E-state index contributed by atoms with van der Waals surface area (Å²) in [5.41, 5.74) is 3.44. The van der Waals surface area contributed by atoms with Crippen molar-refractivity contribution in [3.05, 3.63) is 70.9 Å². The number of hydrogen-bond acceptors (Lipinski definition) is 5. The highest BCUT2D eigenvalue weighted by Crippen LogP contribution is 2.23. The molecule has 0 spiro atoms. The molecule has 0 aliphatic carbocycles. The van der Waals surface area contributed by atoms with Gasteiger partial charge in [-0.25, -0.2) is 4.79 Å². The minimum atomic E-state index is -0.518. The second kappa shape index (κ2) is 7.09. The fourth-order valence-electron chi connectivity index (χ4n) is 3.65. The molecule has 0 bridgehead atoms. The number of aromatic nitrogens is 3. The number of para-hydroxylation sites is 1. The number of aryl methyl sites for hydroxylation is 3. The van der Waals surface area contributed by atoms with Crippen LogP contribution in [0.15, 0.2) is 47.1 Å². The number of fused-ring (bicyclic) bond motifs is 1. The quantitative estimate of drug-likeness (QED) is 0.381. The van der Waals surface area contributed by atoms with Crippen molar-refractivity contribution in [2.24, 2.45) is 7.05 Å². The monoisotopic (exact) mass is 391 g/mol. The maximum absolute atomic E-state index is 12.7. The zero-order chi connectivity index (χ0) is 20.7. The SMILES string of the molecule is Cc1cc(-n2c(C)cc(C(=O)COC(=O)c3cn(C)c4ccccc34)c2C)no1. The molecule has 0 aliphatic heterocycles. The Morgan fingerprint density at radius 3 is 2.59 bits per heavy atom. The molecule has 0 saturated heterocycles. The summed E-state index contributed by atoms with van der Waals surface area (Å²) in [4.78, 5) is 25.3. The molecule has 7 heteroatoms. The van der Waals surface area contributed by atoms with Crippen molar-refractivity contribution in [3.63, 3.8) is 0 Å². The van der Waals surface area contributed by atoms with E-state index in [2.05, 4.69) is 5.16 Å². The van der Waals surface area contributed by atoms with E-state index in [4.69, 9.17) is 9.26 Å². The lowest BCUT2D eigenvalue weighted by molar-refractivity contribution is 0.0476. The third-order valence-corrected chi connectivity index (χ3v) is 5.03. The van der Waals surface area contributed by atoms with E-state index < -0.39 is 5.97 Å². The van der Waals surface area contributed by atoms with Gasteiger partial charge in [-0.15, -0.1) is 0 Å². The Hall–Kier alpha value is -3.61. The number of benzene rings is 1. The van der Waals surface area contributed by atoms with E-state index in [1.165, 1.54) is 0 Å². The average molecular weight is 391 g/mol. The lowest BCUT2D eigenvalue weighted by Crippen LogP contribution is -2.15. The molecule has 4 rings (SSSR count). The van der Waals surface area contributed by atoms with Gasteiger partial charge in [-0.2, -0.15) is 0 Å². The number of ketones is 1. The van der Waals surface area contributed by atoms with Gasteiger partial charge in [-0.3, -0.25) is 9.36 Å². The predicted molar refractivity (Wildman–Crippen MR) is 108 cm³/mol. The van der Waals surface area contributed by atoms with Crippen molar-refractivity contribution in [2.45, 2.75) is 20.8 Å². The molecule has 0 atom stereocenters. The van der Waals surface area contributed by atoms with Crippen molar-refractivity contribution < 1.29 is 18.8 Å². The number of carbonyl (C=O) groups excluding carboxylic acids is 2. The molecule has 1 aromatic carbocycles. The topological polar surface area (TPSA) is 79.3 Å². The Kier molecular flexibility index (Phi) is 4.58. The maximum atomic E-state index is 12.7. The van der Waals surface area contributed by atoms with Crippen LogP contribution in [0.1, 0.15) is 37.9 Å². The van der Waals surface area contributed by atoms with Gasteiger partial charge < -0.3 is 13.8 Å². The summed E-state index contributed by atoms with van der Waals surface area (Å²) >= 11 is 0. The van der Waals surface area contributed by atoms with Crippen LogP contribution in [0.5, 0.6) is 0 Å². The van der Waals surface area contributed by atoms with Gasteiger partial charge in [-0.05, 0) is 32.9 Å². The summed E-state index contributed by atoms with van der Waals surface area (Å²) in [6, 6.07) is 11.1. The standard InChI is InChI=1S/C22H21N3O4/c1-13-9-17(15(3)25(13)21-10-14(2)29-23-21)20(26)12-28-22(27)18-11-24(4)19-8-6-5-7-16(18)19/h5-11H,12H2,1-4H3. The molecule has 0 saturated carbocycles. The van der Waals surface area contributed by atoms with Crippen molar-refractivity contribution in [3.8, 4) is 5.82 Å². The van der Waals surface area contributed by atoms with Gasteiger partial charge in [0, 0.05) is 47.2 Å². The molecule has 3 heterocycles. The van der Waals surface area contributed by atoms with Crippen molar-refractivity contribution in [1.82, 2.24) is 14.3 Å². The molecule has 0 aliphatic rings. The zero-order valence-corrected chi connectivity index (χ0v) is 16.7. The Bertz CT molecular complexity index is 1240. The third kappa shape index (κ3) is 3.24. The van der Waals surface area contributed by atoms with Crippen molar-refractivity contribution in [1.29, 1.82) is 0 Å². The van der Waals surface area contributed by atoms with Crippen molar-refractivity contribution in [2.75, 3.05) is 6.61 Å². The Morgan fingerprint density at radius 2 is 1.86 bits per heavy atom. The summed E-state index contributed by atoms with van der Waals surface area (Å²) in [6.07, 6.45) is 1.72. The summed E-state index contributed by atoms with van der Waals surface area (Å²) in [5, 5.41) is 4.81. The van der Waals surface area contributed by atoms with Crippen LogP contribution in [-0.2, 0) is 11.8 Å². The highest BCUT2D eigenvalue weighted by atomic mass is 16.5. The molecule has 0 fully saturated rings. The Labute approximate surface area is 167 Å². The van der Waals surface area contributed by atoms with E-state index in [9.17, 15) is 9.59 Å². The van der Waals surface area contributed by atoms with Gasteiger partial charge >= 0.3 is 5.97 Å². The van der Waals surface area contributed by atoms with Crippen molar-refractivity contribution >= 4 is 22.7 Å². The van der Waals surface area contributed by atoms with Crippen LogP contribution in [-0.4, -0.2) is 32.7 Å². The van der Waals surface area contributed by atoms with E-state index in [0.29, 0.717) is 22.7 Å². The highest BCUT2D eigenvalue weighted by molar-refractivity contribution is 6.06. The number of esters is 1. The smallest absolute Gasteiger partial charge is 0.340 e. The van der Waals surface area contributed by atoms with Crippen LogP contribution in [0, 0.1) is 20.8 Å². The van der Waals surface area contributed by atoms with Gasteiger partial charge in [0.2, 0.25) is 5.78 Å². The molecule has 0 radical (unpaired) electrons. The molecular formula is C22H21N3O4. The highest BCUT2D eigenvalue weighted by Gasteiger charge is 2.21. The molecule has 4 aromatic rings. The van der Waals surface area contributed by atoms with E-state index in [1.54, 1.807) is 18.3 Å². The summed E-state index contributed by atoms with van der Waals surface area (Å²) in [6.45, 7) is 5.19.